The van der Waals surface area contributed by atoms with Crippen molar-refractivity contribution in [2.24, 2.45) is 0 Å². The molecule has 6 heteroatoms. The smallest absolute Gasteiger partial charge is 0.280 e. The molecule has 0 aliphatic heterocycles. The summed E-state index contributed by atoms with van der Waals surface area (Å²) in [6.45, 7) is 3.80. The predicted molar refractivity (Wildman–Crippen MR) is 67.5 cm³/mol. The highest BCUT2D eigenvalue weighted by Crippen LogP contribution is 2.22. The molecular weight excluding hydrogens is 259 g/mol. The first-order valence-corrected chi connectivity index (χ1v) is 5.46. The fourth-order valence-electron chi connectivity index (χ4n) is 1.67. The van der Waals surface area contributed by atoms with Crippen LogP contribution in [0, 0.1) is 5.82 Å². The normalized spacial score (nSPS) is 10.6. The van der Waals surface area contributed by atoms with Crippen LogP contribution >= 0.6 is 11.6 Å². The van der Waals surface area contributed by atoms with Gasteiger partial charge in [0.05, 0.1) is 30.9 Å². The molecule has 0 atom stereocenters. The van der Waals surface area contributed by atoms with E-state index in [2.05, 4.69) is 11.6 Å². The van der Waals surface area contributed by atoms with Crippen LogP contribution in [0.5, 0.6) is 5.75 Å². The van der Waals surface area contributed by atoms with E-state index >= 15 is 0 Å². The summed E-state index contributed by atoms with van der Waals surface area (Å²) in [5, 5.41) is 0.631. The SMILES string of the molecule is C=C(Cl)Cn1cnc(=O)c2cc(OC)c(F)cc21. The Bertz CT molecular complexity index is 682. The third-order valence-corrected chi connectivity index (χ3v) is 2.59. The van der Waals surface area contributed by atoms with Crippen molar-refractivity contribution >= 4 is 22.5 Å². The van der Waals surface area contributed by atoms with E-state index in [0.29, 0.717) is 10.5 Å². The van der Waals surface area contributed by atoms with Crippen molar-refractivity contribution in [3.8, 4) is 5.75 Å². The minimum Gasteiger partial charge on any atom is -0.494 e. The maximum atomic E-state index is 13.7. The van der Waals surface area contributed by atoms with Gasteiger partial charge in [-0.3, -0.25) is 4.79 Å². The van der Waals surface area contributed by atoms with Gasteiger partial charge in [0.1, 0.15) is 0 Å². The maximum absolute atomic E-state index is 13.7. The van der Waals surface area contributed by atoms with Crippen molar-refractivity contribution in [1.82, 2.24) is 9.55 Å². The molecule has 0 aliphatic rings. The maximum Gasteiger partial charge on any atom is 0.280 e. The van der Waals surface area contributed by atoms with Gasteiger partial charge in [0, 0.05) is 11.1 Å². The summed E-state index contributed by atoms with van der Waals surface area (Å²) in [7, 11) is 1.33. The fraction of sp³-hybridized carbons (Fsp3) is 0.167. The Balaban J connectivity index is 2.77. The molecule has 18 heavy (non-hydrogen) atoms. The van der Waals surface area contributed by atoms with Crippen LogP contribution in [-0.4, -0.2) is 16.7 Å². The van der Waals surface area contributed by atoms with Gasteiger partial charge in [-0.2, -0.15) is 4.98 Å². The largest absolute Gasteiger partial charge is 0.494 e. The van der Waals surface area contributed by atoms with Crippen molar-refractivity contribution in [2.45, 2.75) is 6.54 Å². The van der Waals surface area contributed by atoms with Crippen molar-refractivity contribution in [3.63, 3.8) is 0 Å². The van der Waals surface area contributed by atoms with Crippen molar-refractivity contribution in [3.05, 3.63) is 46.2 Å². The molecule has 1 heterocycles. The fourth-order valence-corrected chi connectivity index (χ4v) is 1.80. The molecule has 0 aliphatic carbocycles. The Morgan fingerprint density at radius 2 is 2.33 bits per heavy atom. The number of hydrogen-bond acceptors (Lipinski definition) is 3. The van der Waals surface area contributed by atoms with Crippen LogP contribution in [0.15, 0.2) is 34.9 Å². The number of ether oxygens (including phenoxy) is 1. The second-order valence-corrected chi connectivity index (χ2v) is 4.23. The number of fused-ring (bicyclic) bond motifs is 1. The average Bonchev–Trinajstić information content (AvgIpc) is 2.32. The summed E-state index contributed by atoms with van der Waals surface area (Å²) < 4.78 is 20.0. The highest BCUT2D eigenvalue weighted by Gasteiger charge is 2.10. The molecule has 1 aromatic heterocycles. The zero-order valence-electron chi connectivity index (χ0n) is 9.61. The quantitative estimate of drug-likeness (QED) is 0.858. The summed E-state index contributed by atoms with van der Waals surface area (Å²) in [5.41, 5.74) is -0.0464. The molecule has 2 aromatic rings. The van der Waals surface area contributed by atoms with E-state index < -0.39 is 11.4 Å². The van der Waals surface area contributed by atoms with Crippen molar-refractivity contribution < 1.29 is 9.13 Å². The molecule has 0 unspecified atom stereocenters. The van der Waals surface area contributed by atoms with Crippen LogP contribution in [0.2, 0.25) is 0 Å². The number of aromatic nitrogens is 2. The van der Waals surface area contributed by atoms with E-state index in [4.69, 9.17) is 16.3 Å². The van der Waals surface area contributed by atoms with Gasteiger partial charge in [-0.15, -0.1) is 0 Å². The summed E-state index contributed by atoms with van der Waals surface area (Å²) in [6, 6.07) is 2.55. The average molecular weight is 269 g/mol. The molecule has 0 spiro atoms. The summed E-state index contributed by atoms with van der Waals surface area (Å²) >= 11 is 5.71. The number of halogens is 2. The monoisotopic (exact) mass is 268 g/mol. The van der Waals surface area contributed by atoms with Gasteiger partial charge < -0.3 is 9.30 Å². The summed E-state index contributed by atoms with van der Waals surface area (Å²) in [5.74, 6) is -0.548. The minimum atomic E-state index is -0.551. The first-order valence-electron chi connectivity index (χ1n) is 5.09. The van der Waals surface area contributed by atoms with Gasteiger partial charge >= 0.3 is 0 Å². The Morgan fingerprint density at radius 3 is 2.94 bits per heavy atom. The van der Waals surface area contributed by atoms with Crippen LogP contribution in [0.1, 0.15) is 0 Å². The highest BCUT2D eigenvalue weighted by molar-refractivity contribution is 6.29. The van der Waals surface area contributed by atoms with Gasteiger partial charge in [0.2, 0.25) is 0 Å². The Kier molecular flexibility index (Phi) is 3.34. The number of rotatable bonds is 3. The molecule has 4 nitrogen and oxygen atoms in total. The molecule has 0 N–H and O–H groups in total. The molecule has 0 saturated heterocycles. The molecule has 0 fully saturated rings. The van der Waals surface area contributed by atoms with Gasteiger partial charge in [0.25, 0.3) is 5.56 Å². The molecule has 1 aromatic carbocycles. The van der Waals surface area contributed by atoms with Gasteiger partial charge in [0.15, 0.2) is 11.6 Å². The number of hydrogen-bond donors (Lipinski definition) is 0. The van der Waals surface area contributed by atoms with E-state index in [-0.39, 0.29) is 17.7 Å². The lowest BCUT2D eigenvalue weighted by Gasteiger charge is -2.10. The first kappa shape index (κ1) is 12.6. The summed E-state index contributed by atoms with van der Waals surface area (Å²) in [6.07, 6.45) is 1.31. The van der Waals surface area contributed by atoms with Crippen LogP contribution in [0.4, 0.5) is 4.39 Å². The molecule has 2 rings (SSSR count). The molecule has 0 saturated carbocycles. The van der Waals surface area contributed by atoms with E-state index in [1.807, 2.05) is 0 Å². The second kappa shape index (κ2) is 4.78. The third kappa shape index (κ3) is 2.22. The van der Waals surface area contributed by atoms with E-state index in [0.717, 1.165) is 0 Å². The highest BCUT2D eigenvalue weighted by atomic mass is 35.5. The van der Waals surface area contributed by atoms with Gasteiger partial charge in [-0.1, -0.05) is 18.2 Å². The number of nitrogens with zero attached hydrogens (tertiary/aromatic N) is 2. The third-order valence-electron chi connectivity index (χ3n) is 2.47. The Labute approximate surface area is 107 Å². The minimum absolute atomic E-state index is 0.00356. The number of methoxy groups -OCH3 is 1. The molecular formula is C12H10ClFN2O2. The zero-order chi connectivity index (χ0) is 13.3. The van der Waals surface area contributed by atoms with Crippen LogP contribution in [-0.2, 0) is 6.54 Å². The number of benzene rings is 1. The van der Waals surface area contributed by atoms with Crippen molar-refractivity contribution in [2.75, 3.05) is 7.11 Å². The van der Waals surface area contributed by atoms with Gasteiger partial charge in [-0.05, 0) is 6.07 Å². The summed E-state index contributed by atoms with van der Waals surface area (Å²) in [4.78, 5) is 15.3. The van der Waals surface area contributed by atoms with E-state index in [9.17, 15) is 9.18 Å². The van der Waals surface area contributed by atoms with Gasteiger partial charge in [-0.25, -0.2) is 4.39 Å². The lowest BCUT2D eigenvalue weighted by molar-refractivity contribution is 0.387. The second-order valence-electron chi connectivity index (χ2n) is 3.70. The topological polar surface area (TPSA) is 44.1 Å². The zero-order valence-corrected chi connectivity index (χ0v) is 10.4. The predicted octanol–water partition coefficient (Wildman–Crippen LogP) is 2.30. The first-order chi connectivity index (χ1) is 8.52. The molecule has 0 radical (unpaired) electrons. The lowest BCUT2D eigenvalue weighted by Crippen LogP contribution is -2.13. The standard InChI is InChI=1S/C12H10ClFN2O2/c1-7(13)5-16-6-15-12(17)8-3-11(18-2)9(14)4-10(8)16/h3-4,6H,1,5H2,2H3. The number of allylic oxidation sites excluding steroid dienone is 1. The molecule has 94 valence electrons. The Hall–Kier alpha value is -1.88. The van der Waals surface area contributed by atoms with E-state index in [1.165, 1.54) is 25.6 Å². The van der Waals surface area contributed by atoms with Crippen LogP contribution in [0.3, 0.4) is 0 Å². The van der Waals surface area contributed by atoms with E-state index in [1.54, 1.807) is 4.57 Å². The molecule has 0 amide bonds. The van der Waals surface area contributed by atoms with Crippen molar-refractivity contribution in [1.29, 1.82) is 0 Å². The molecule has 0 bridgehead atoms. The van der Waals surface area contributed by atoms with Crippen LogP contribution < -0.4 is 10.3 Å². The lowest BCUT2D eigenvalue weighted by atomic mass is 10.2. The Morgan fingerprint density at radius 1 is 1.61 bits per heavy atom. The van der Waals surface area contributed by atoms with Crippen LogP contribution in [0.25, 0.3) is 10.9 Å².